The normalized spacial score (nSPS) is 13.0. The molecular formula is C32H56O3. The molecule has 3 heteroatoms. The van der Waals surface area contributed by atoms with Crippen molar-refractivity contribution in [1.82, 2.24) is 0 Å². The smallest absolute Gasteiger partial charge is 0.305 e. The lowest BCUT2D eigenvalue weighted by Crippen LogP contribution is -2.13. The highest BCUT2D eigenvalue weighted by Crippen LogP contribution is 2.33. The molecule has 0 spiro atoms. The maximum Gasteiger partial charge on any atom is 0.305 e. The fourth-order valence-electron chi connectivity index (χ4n) is 4.99. The molecule has 0 aliphatic heterocycles. The van der Waals surface area contributed by atoms with Crippen LogP contribution in [0.1, 0.15) is 154 Å². The van der Waals surface area contributed by atoms with Gasteiger partial charge in [0.15, 0.2) is 0 Å². The van der Waals surface area contributed by atoms with Gasteiger partial charge in [0, 0.05) is 6.42 Å². The molecule has 1 aromatic carbocycles. The van der Waals surface area contributed by atoms with E-state index in [0.717, 1.165) is 24.8 Å². The number of para-hydroxylation sites is 1. The summed E-state index contributed by atoms with van der Waals surface area (Å²) in [4.78, 5) is 12.0. The summed E-state index contributed by atoms with van der Waals surface area (Å²) in [5.41, 5.74) is 1.14. The van der Waals surface area contributed by atoms with Crippen molar-refractivity contribution in [2.24, 2.45) is 5.92 Å². The topological polar surface area (TPSA) is 46.5 Å². The van der Waals surface area contributed by atoms with Crippen LogP contribution in [-0.4, -0.2) is 17.7 Å². The Balaban J connectivity index is 1.99. The van der Waals surface area contributed by atoms with Gasteiger partial charge in [-0.15, -0.1) is 0 Å². The summed E-state index contributed by atoms with van der Waals surface area (Å²) in [6, 6.07) is 7.91. The van der Waals surface area contributed by atoms with E-state index in [0.29, 0.717) is 30.6 Å². The van der Waals surface area contributed by atoms with Crippen LogP contribution < -0.4 is 0 Å². The van der Waals surface area contributed by atoms with E-state index >= 15 is 0 Å². The number of carbonyl (C=O) groups excluding carboxylic acids is 1. The second-order valence-electron chi connectivity index (χ2n) is 10.6. The predicted molar refractivity (Wildman–Crippen MR) is 150 cm³/mol. The Bertz CT molecular complexity index is 627. The van der Waals surface area contributed by atoms with Crippen LogP contribution in [0.3, 0.4) is 0 Å². The number of hydrogen-bond acceptors (Lipinski definition) is 3. The first kappa shape index (κ1) is 31.5. The van der Waals surface area contributed by atoms with Gasteiger partial charge in [-0.2, -0.15) is 0 Å². The van der Waals surface area contributed by atoms with Crippen molar-refractivity contribution in [2.75, 3.05) is 6.61 Å². The van der Waals surface area contributed by atoms with Crippen molar-refractivity contribution < 1.29 is 14.6 Å². The number of unbranched alkanes of at least 4 members (excludes halogenated alkanes) is 11. The van der Waals surface area contributed by atoms with Gasteiger partial charge in [0.1, 0.15) is 5.75 Å². The fraction of sp³-hybridized carbons (Fsp3) is 0.781. The minimum Gasteiger partial charge on any atom is -0.508 e. The Morgan fingerprint density at radius 3 is 1.89 bits per heavy atom. The highest BCUT2D eigenvalue weighted by atomic mass is 16.5. The van der Waals surface area contributed by atoms with Crippen LogP contribution in [0.2, 0.25) is 0 Å². The number of carbonyl (C=O) groups is 1. The van der Waals surface area contributed by atoms with Crippen molar-refractivity contribution in [3.05, 3.63) is 29.8 Å². The van der Waals surface area contributed by atoms with Crippen LogP contribution in [0.5, 0.6) is 5.75 Å². The van der Waals surface area contributed by atoms with E-state index in [-0.39, 0.29) is 5.97 Å². The summed E-state index contributed by atoms with van der Waals surface area (Å²) in [6.45, 7) is 7.26. The van der Waals surface area contributed by atoms with E-state index in [9.17, 15) is 9.90 Å². The molecule has 0 amide bonds. The first-order valence-corrected chi connectivity index (χ1v) is 15.1. The van der Waals surface area contributed by atoms with Crippen molar-refractivity contribution in [3.8, 4) is 5.75 Å². The lowest BCUT2D eigenvalue weighted by molar-refractivity contribution is -0.145. The quantitative estimate of drug-likeness (QED) is 0.123. The average molecular weight is 489 g/mol. The summed E-state index contributed by atoms with van der Waals surface area (Å²) in [7, 11) is 0. The third-order valence-corrected chi connectivity index (χ3v) is 7.49. The van der Waals surface area contributed by atoms with Crippen LogP contribution in [0.15, 0.2) is 24.3 Å². The van der Waals surface area contributed by atoms with E-state index < -0.39 is 0 Å². The SMILES string of the molecule is CCCCC(CC)COC(=O)CCCCCCCCCCCCC(CCCC)c1ccccc1O. The van der Waals surface area contributed by atoms with Gasteiger partial charge in [-0.3, -0.25) is 4.79 Å². The van der Waals surface area contributed by atoms with Gasteiger partial charge < -0.3 is 9.84 Å². The molecule has 2 unspecified atom stereocenters. The zero-order valence-electron chi connectivity index (χ0n) is 23.4. The molecule has 1 aromatic rings. The first-order valence-electron chi connectivity index (χ1n) is 15.1. The molecule has 35 heavy (non-hydrogen) atoms. The second kappa shape index (κ2) is 21.7. The summed E-state index contributed by atoms with van der Waals surface area (Å²) in [5.74, 6) is 1.51. The number of rotatable bonds is 23. The number of aromatic hydroxyl groups is 1. The molecule has 0 fully saturated rings. The molecular weight excluding hydrogens is 432 g/mol. The third-order valence-electron chi connectivity index (χ3n) is 7.49. The largest absolute Gasteiger partial charge is 0.508 e. The monoisotopic (exact) mass is 488 g/mol. The van der Waals surface area contributed by atoms with E-state index in [1.165, 1.54) is 96.3 Å². The van der Waals surface area contributed by atoms with Gasteiger partial charge in [0.2, 0.25) is 0 Å². The van der Waals surface area contributed by atoms with Gasteiger partial charge in [0.05, 0.1) is 6.61 Å². The van der Waals surface area contributed by atoms with Gasteiger partial charge >= 0.3 is 5.97 Å². The van der Waals surface area contributed by atoms with Crippen LogP contribution in [-0.2, 0) is 9.53 Å². The summed E-state index contributed by atoms with van der Waals surface area (Å²) in [5, 5.41) is 10.2. The molecule has 0 aliphatic carbocycles. The zero-order chi connectivity index (χ0) is 25.6. The van der Waals surface area contributed by atoms with Gasteiger partial charge in [-0.25, -0.2) is 0 Å². The van der Waals surface area contributed by atoms with Crippen molar-refractivity contribution >= 4 is 5.97 Å². The summed E-state index contributed by atoms with van der Waals surface area (Å²) in [6.07, 6.45) is 22.6. The minimum absolute atomic E-state index is 0.000594. The van der Waals surface area contributed by atoms with Crippen molar-refractivity contribution in [2.45, 2.75) is 149 Å². The van der Waals surface area contributed by atoms with E-state index in [2.05, 4.69) is 32.9 Å². The Hall–Kier alpha value is -1.51. The van der Waals surface area contributed by atoms with Crippen LogP contribution in [0.4, 0.5) is 0 Å². The average Bonchev–Trinajstić information content (AvgIpc) is 2.87. The lowest BCUT2D eigenvalue weighted by atomic mass is 9.88. The zero-order valence-corrected chi connectivity index (χ0v) is 23.4. The lowest BCUT2D eigenvalue weighted by Gasteiger charge is -2.18. The van der Waals surface area contributed by atoms with Gasteiger partial charge in [-0.05, 0) is 49.1 Å². The molecule has 0 saturated carbocycles. The minimum atomic E-state index is -0.000594. The maximum absolute atomic E-state index is 12.0. The Kier molecular flexibility index (Phi) is 19.6. The number of phenols is 1. The van der Waals surface area contributed by atoms with Gasteiger partial charge in [0.25, 0.3) is 0 Å². The fourth-order valence-corrected chi connectivity index (χ4v) is 4.99. The molecule has 0 radical (unpaired) electrons. The number of ether oxygens (including phenoxy) is 1. The Morgan fingerprint density at radius 2 is 1.29 bits per heavy atom. The van der Waals surface area contributed by atoms with E-state index in [1.807, 2.05) is 12.1 Å². The maximum atomic E-state index is 12.0. The molecule has 0 heterocycles. The summed E-state index contributed by atoms with van der Waals surface area (Å²) >= 11 is 0. The molecule has 0 bridgehead atoms. The van der Waals surface area contributed by atoms with E-state index in [1.54, 1.807) is 0 Å². The first-order chi connectivity index (χ1) is 17.1. The second-order valence-corrected chi connectivity index (χ2v) is 10.6. The molecule has 1 rings (SSSR count). The molecule has 202 valence electrons. The van der Waals surface area contributed by atoms with Crippen LogP contribution >= 0.6 is 0 Å². The Labute approximate surface area is 217 Å². The molecule has 2 atom stereocenters. The molecule has 1 N–H and O–H groups in total. The Morgan fingerprint density at radius 1 is 0.743 bits per heavy atom. The number of benzene rings is 1. The summed E-state index contributed by atoms with van der Waals surface area (Å²) < 4.78 is 5.50. The van der Waals surface area contributed by atoms with Gasteiger partial charge in [-0.1, -0.05) is 129 Å². The standard InChI is InChI=1S/C32H56O3/c1-4-7-21-28(6-3)27-35-32(34)26-18-16-14-12-10-9-11-13-15-17-23-29(22-8-5-2)30-24-19-20-25-31(30)33/h19-20,24-25,28-29,33H,4-18,21-23,26-27H2,1-3H3. The number of phenolic OH excluding ortho intramolecular Hbond substituents is 1. The molecule has 0 saturated heterocycles. The van der Waals surface area contributed by atoms with Crippen molar-refractivity contribution in [1.29, 1.82) is 0 Å². The highest BCUT2D eigenvalue weighted by Gasteiger charge is 2.14. The molecule has 0 aliphatic rings. The highest BCUT2D eigenvalue weighted by molar-refractivity contribution is 5.69. The number of esters is 1. The predicted octanol–water partition coefficient (Wildman–Crippen LogP) is 10.1. The third kappa shape index (κ3) is 16.0. The molecule has 3 nitrogen and oxygen atoms in total. The van der Waals surface area contributed by atoms with Crippen molar-refractivity contribution in [3.63, 3.8) is 0 Å². The molecule has 0 aromatic heterocycles. The van der Waals surface area contributed by atoms with Crippen LogP contribution in [0.25, 0.3) is 0 Å². The van der Waals surface area contributed by atoms with Crippen LogP contribution in [0, 0.1) is 5.92 Å². The number of hydrogen-bond donors (Lipinski definition) is 1. The van der Waals surface area contributed by atoms with E-state index in [4.69, 9.17) is 4.74 Å².